The van der Waals surface area contributed by atoms with E-state index in [-0.39, 0.29) is 17.6 Å². The zero-order valence-electron chi connectivity index (χ0n) is 11.3. The molecule has 0 bridgehead atoms. The first-order valence-electron chi connectivity index (χ1n) is 5.85. The molecule has 1 aromatic rings. The number of aliphatic carboxylic acids is 1. The summed E-state index contributed by atoms with van der Waals surface area (Å²) in [5.74, 6) is -0.0653. The number of rotatable bonds is 7. The van der Waals surface area contributed by atoms with Crippen molar-refractivity contribution in [3.05, 3.63) is 16.1 Å². The van der Waals surface area contributed by atoms with Crippen molar-refractivity contribution in [2.24, 2.45) is 0 Å². The van der Waals surface area contributed by atoms with E-state index in [1.54, 1.807) is 30.8 Å². The van der Waals surface area contributed by atoms with Crippen molar-refractivity contribution in [1.29, 1.82) is 0 Å². The van der Waals surface area contributed by atoms with Crippen LogP contribution in [0.1, 0.15) is 24.0 Å². The number of carbonyl (C=O) groups is 2. The third kappa shape index (κ3) is 6.07. The molecule has 1 heterocycles. The number of thioether (sulfide) groups is 1. The molecule has 0 spiro atoms. The predicted octanol–water partition coefficient (Wildman–Crippen LogP) is 1.87. The first kappa shape index (κ1) is 16.0. The van der Waals surface area contributed by atoms with E-state index in [2.05, 4.69) is 4.98 Å². The number of aromatic nitrogens is 1. The monoisotopic (exact) mass is 302 g/mol. The molecule has 19 heavy (non-hydrogen) atoms. The second kappa shape index (κ2) is 7.49. The van der Waals surface area contributed by atoms with E-state index in [4.69, 9.17) is 5.11 Å². The molecule has 0 aromatic carbocycles. The average molecular weight is 302 g/mol. The molecule has 1 unspecified atom stereocenters. The summed E-state index contributed by atoms with van der Waals surface area (Å²) in [5.41, 5.74) is 0.911. The molecule has 0 saturated heterocycles. The SMILES string of the molecule is CC(CC(=O)O)SCc1csc(CC(=O)N(C)C)n1. The standard InChI is InChI=1S/C12H18N2O3S2/c1-8(4-12(16)17)18-6-9-7-19-10(13-9)5-11(15)14(2)3/h7-8H,4-6H2,1-3H3,(H,16,17). The predicted molar refractivity (Wildman–Crippen MR) is 77.5 cm³/mol. The highest BCUT2D eigenvalue weighted by Crippen LogP contribution is 2.21. The molecule has 1 amide bonds. The number of nitrogens with zero attached hydrogens (tertiary/aromatic N) is 2. The average Bonchev–Trinajstić information content (AvgIpc) is 2.73. The van der Waals surface area contributed by atoms with Crippen molar-refractivity contribution in [3.8, 4) is 0 Å². The number of likely N-dealkylation sites (N-methyl/N-ethyl adjacent to an activating group) is 1. The van der Waals surface area contributed by atoms with Gasteiger partial charge < -0.3 is 10.0 Å². The highest BCUT2D eigenvalue weighted by Gasteiger charge is 2.12. The van der Waals surface area contributed by atoms with Gasteiger partial charge in [-0.25, -0.2) is 4.98 Å². The van der Waals surface area contributed by atoms with Crippen molar-refractivity contribution < 1.29 is 14.7 Å². The Kier molecular flexibility index (Phi) is 6.30. The summed E-state index contributed by atoms with van der Waals surface area (Å²) in [7, 11) is 3.45. The zero-order chi connectivity index (χ0) is 14.4. The van der Waals surface area contributed by atoms with Crippen LogP contribution in [0.15, 0.2) is 5.38 Å². The van der Waals surface area contributed by atoms with E-state index in [0.29, 0.717) is 12.2 Å². The molecule has 0 aliphatic carbocycles. The molecule has 1 N–H and O–H groups in total. The smallest absolute Gasteiger partial charge is 0.304 e. The van der Waals surface area contributed by atoms with E-state index in [9.17, 15) is 9.59 Å². The van der Waals surface area contributed by atoms with E-state index < -0.39 is 5.97 Å². The van der Waals surface area contributed by atoms with Gasteiger partial charge in [-0.1, -0.05) is 6.92 Å². The van der Waals surface area contributed by atoms with Gasteiger partial charge in [-0.05, 0) is 0 Å². The lowest BCUT2D eigenvalue weighted by Crippen LogP contribution is -2.23. The van der Waals surface area contributed by atoms with Gasteiger partial charge in [0, 0.05) is 30.5 Å². The fourth-order valence-electron chi connectivity index (χ4n) is 1.32. The van der Waals surface area contributed by atoms with Crippen molar-refractivity contribution in [3.63, 3.8) is 0 Å². The Morgan fingerprint density at radius 3 is 2.79 bits per heavy atom. The molecule has 106 valence electrons. The summed E-state index contributed by atoms with van der Waals surface area (Å²) in [4.78, 5) is 28.0. The molecule has 0 aliphatic heterocycles. The second-order valence-electron chi connectivity index (χ2n) is 4.42. The Balaban J connectivity index is 2.42. The summed E-state index contributed by atoms with van der Waals surface area (Å²) in [6, 6.07) is 0. The summed E-state index contributed by atoms with van der Waals surface area (Å²) < 4.78 is 0. The number of hydrogen-bond acceptors (Lipinski definition) is 5. The van der Waals surface area contributed by atoms with Crippen LogP contribution in [0.2, 0.25) is 0 Å². The summed E-state index contributed by atoms with van der Waals surface area (Å²) in [6.07, 6.45) is 0.480. The van der Waals surface area contributed by atoms with Gasteiger partial charge >= 0.3 is 5.97 Å². The lowest BCUT2D eigenvalue weighted by atomic mass is 10.3. The highest BCUT2D eigenvalue weighted by molar-refractivity contribution is 7.99. The Bertz CT molecular complexity index is 446. The van der Waals surface area contributed by atoms with E-state index >= 15 is 0 Å². The van der Waals surface area contributed by atoms with Crippen LogP contribution in [0.25, 0.3) is 0 Å². The van der Waals surface area contributed by atoms with Gasteiger partial charge in [0.05, 0.1) is 18.5 Å². The van der Waals surface area contributed by atoms with Gasteiger partial charge in [0.25, 0.3) is 0 Å². The molecular formula is C12H18N2O3S2. The lowest BCUT2D eigenvalue weighted by Gasteiger charge is -2.08. The first-order valence-corrected chi connectivity index (χ1v) is 7.78. The number of carboxylic acid groups (broad SMARTS) is 1. The van der Waals surface area contributed by atoms with E-state index in [0.717, 1.165) is 10.7 Å². The van der Waals surface area contributed by atoms with Crippen molar-refractivity contribution >= 4 is 35.0 Å². The minimum absolute atomic E-state index is 0.0350. The van der Waals surface area contributed by atoms with Crippen LogP contribution < -0.4 is 0 Å². The third-order valence-electron chi connectivity index (χ3n) is 2.38. The van der Waals surface area contributed by atoms with Gasteiger partial charge in [0.15, 0.2) is 0 Å². The summed E-state index contributed by atoms with van der Waals surface area (Å²) in [5, 5.41) is 11.5. The van der Waals surface area contributed by atoms with E-state index in [1.807, 2.05) is 12.3 Å². The van der Waals surface area contributed by atoms with Crippen LogP contribution in [0, 0.1) is 0 Å². The second-order valence-corrected chi connectivity index (χ2v) is 6.79. The van der Waals surface area contributed by atoms with Crippen LogP contribution in [0.3, 0.4) is 0 Å². The van der Waals surface area contributed by atoms with Gasteiger partial charge in [0.1, 0.15) is 5.01 Å². The van der Waals surface area contributed by atoms with Crippen LogP contribution in [-0.2, 0) is 21.8 Å². The fourth-order valence-corrected chi connectivity index (χ4v) is 3.07. The van der Waals surface area contributed by atoms with Crippen molar-refractivity contribution in [1.82, 2.24) is 9.88 Å². The molecule has 0 fully saturated rings. The Morgan fingerprint density at radius 2 is 2.21 bits per heavy atom. The molecule has 0 aliphatic rings. The zero-order valence-corrected chi connectivity index (χ0v) is 12.9. The molecule has 0 radical (unpaired) electrons. The normalized spacial score (nSPS) is 12.2. The molecule has 5 nitrogen and oxygen atoms in total. The molecule has 1 rings (SSSR count). The minimum Gasteiger partial charge on any atom is -0.481 e. The largest absolute Gasteiger partial charge is 0.481 e. The Hall–Kier alpha value is -1.08. The van der Waals surface area contributed by atoms with Gasteiger partial charge in [0.2, 0.25) is 5.91 Å². The van der Waals surface area contributed by atoms with E-state index in [1.165, 1.54) is 11.3 Å². The maximum Gasteiger partial charge on any atom is 0.304 e. The van der Waals surface area contributed by atoms with Crippen molar-refractivity contribution in [2.75, 3.05) is 14.1 Å². The number of hydrogen-bond donors (Lipinski definition) is 1. The fraction of sp³-hybridized carbons (Fsp3) is 0.583. The molecule has 1 atom stereocenters. The number of carboxylic acids is 1. The lowest BCUT2D eigenvalue weighted by molar-refractivity contribution is -0.136. The number of carbonyl (C=O) groups excluding carboxylic acids is 1. The van der Waals surface area contributed by atoms with Crippen LogP contribution in [0.5, 0.6) is 0 Å². The number of amides is 1. The highest BCUT2D eigenvalue weighted by atomic mass is 32.2. The molecular weight excluding hydrogens is 284 g/mol. The minimum atomic E-state index is -0.782. The third-order valence-corrected chi connectivity index (χ3v) is 4.47. The molecule has 7 heteroatoms. The van der Waals surface area contributed by atoms with Crippen LogP contribution in [-0.4, -0.2) is 46.2 Å². The summed E-state index contributed by atoms with van der Waals surface area (Å²) >= 11 is 3.04. The van der Waals surface area contributed by atoms with Crippen LogP contribution in [0.4, 0.5) is 0 Å². The van der Waals surface area contributed by atoms with Gasteiger partial charge in [-0.3, -0.25) is 9.59 Å². The van der Waals surface area contributed by atoms with Crippen LogP contribution >= 0.6 is 23.1 Å². The van der Waals surface area contributed by atoms with Crippen molar-refractivity contribution in [2.45, 2.75) is 30.8 Å². The molecule has 0 saturated carbocycles. The Morgan fingerprint density at radius 1 is 1.53 bits per heavy atom. The number of thiazole rings is 1. The quantitative estimate of drug-likeness (QED) is 0.832. The maximum atomic E-state index is 11.5. The van der Waals surface area contributed by atoms with Gasteiger partial charge in [-0.15, -0.1) is 11.3 Å². The topological polar surface area (TPSA) is 70.5 Å². The Labute approximate surface area is 121 Å². The summed E-state index contributed by atoms with van der Waals surface area (Å²) in [6.45, 7) is 1.89. The first-order chi connectivity index (χ1) is 8.88. The molecule has 1 aromatic heterocycles. The van der Waals surface area contributed by atoms with Gasteiger partial charge in [-0.2, -0.15) is 11.8 Å². The maximum absolute atomic E-state index is 11.5.